The van der Waals surface area contributed by atoms with Crippen LogP contribution < -0.4 is 10.1 Å². The second-order valence-corrected chi connectivity index (χ2v) is 16.1. The molecule has 0 aliphatic carbocycles. The molecule has 0 bridgehead atoms. The lowest BCUT2D eigenvalue weighted by Gasteiger charge is -2.20. The van der Waals surface area contributed by atoms with Gasteiger partial charge in [-0.25, -0.2) is 18.0 Å². The van der Waals surface area contributed by atoms with E-state index in [2.05, 4.69) is 11.4 Å². The number of thiophene rings is 1. The number of sulfonamides is 1. The molecule has 6 aromatic rings. The molecule has 0 aliphatic heterocycles. The van der Waals surface area contributed by atoms with Gasteiger partial charge in [0.2, 0.25) is 10.0 Å². The normalized spacial score (nSPS) is 12.0. The highest BCUT2D eigenvalue weighted by molar-refractivity contribution is 7.94. The van der Waals surface area contributed by atoms with Crippen molar-refractivity contribution < 1.29 is 22.0 Å². The number of unbranched alkanes of at least 4 members (excludes halogenated alkanes) is 1. The van der Waals surface area contributed by atoms with Gasteiger partial charge < -0.3 is 0 Å². The van der Waals surface area contributed by atoms with Gasteiger partial charge >= 0.3 is 7.75 Å². The van der Waals surface area contributed by atoms with Crippen molar-refractivity contribution in [2.75, 3.05) is 0 Å². The first-order valence-electron chi connectivity index (χ1n) is 15.9. The van der Waals surface area contributed by atoms with Crippen LogP contribution in [-0.4, -0.2) is 18.0 Å². The maximum atomic E-state index is 14.0. The first-order chi connectivity index (χ1) is 23.7. The molecule has 2 heterocycles. The van der Waals surface area contributed by atoms with Crippen molar-refractivity contribution >= 4 is 39.3 Å². The van der Waals surface area contributed by atoms with Gasteiger partial charge in [0.1, 0.15) is 10.5 Å². The summed E-state index contributed by atoms with van der Waals surface area (Å²) in [4.78, 5) is 18.1. The highest BCUT2D eigenvalue weighted by Gasteiger charge is 2.34. The van der Waals surface area contributed by atoms with Crippen LogP contribution >= 0.6 is 19.1 Å². The molecule has 0 radical (unpaired) electrons. The standard InChI is InChI=1S/C37H36N3O6PS2/c1-2-3-18-35-38-33-23-24-48-36(33)37(41)40(35)25-28-19-21-31(22-20-28)32-16-10-11-17-34(32)49(43,44)39-47(42,45-26-29-12-6-4-7-13-29)46-27-30-14-8-5-9-15-30/h4-17,19-24H,2-3,18,25-27H2,1H3,(H,39,42). The highest BCUT2D eigenvalue weighted by Crippen LogP contribution is 2.47. The summed E-state index contributed by atoms with van der Waals surface area (Å²) in [5, 5.41) is 1.88. The van der Waals surface area contributed by atoms with Gasteiger partial charge in [-0.15, -0.1) is 15.8 Å². The van der Waals surface area contributed by atoms with Gasteiger partial charge in [-0.2, -0.15) is 0 Å². The smallest absolute Gasteiger partial charge is 0.291 e. The van der Waals surface area contributed by atoms with Gasteiger partial charge in [-0.1, -0.05) is 116 Å². The topological polar surface area (TPSA) is 117 Å². The Bertz CT molecular complexity index is 2190. The number of hydrogen-bond donors (Lipinski definition) is 1. The van der Waals surface area contributed by atoms with E-state index in [0.29, 0.717) is 39.9 Å². The molecule has 0 spiro atoms. The first-order valence-corrected chi connectivity index (χ1v) is 19.8. The van der Waals surface area contributed by atoms with E-state index < -0.39 is 17.8 Å². The molecule has 49 heavy (non-hydrogen) atoms. The molecule has 0 unspecified atom stereocenters. The number of benzene rings is 4. The van der Waals surface area contributed by atoms with Crippen LogP contribution in [0.2, 0.25) is 0 Å². The zero-order valence-corrected chi connectivity index (χ0v) is 29.4. The third-order valence-electron chi connectivity index (χ3n) is 7.90. The molecule has 2 aromatic heterocycles. The van der Waals surface area contributed by atoms with Crippen molar-refractivity contribution in [3.63, 3.8) is 0 Å². The number of fused-ring (bicyclic) bond motifs is 1. The fraction of sp³-hybridized carbons (Fsp3) is 0.189. The number of nitrogens with one attached hydrogen (secondary N) is 1. The van der Waals surface area contributed by atoms with E-state index in [1.807, 2.05) is 72.1 Å². The summed E-state index contributed by atoms with van der Waals surface area (Å²) in [5.74, 6) is 0.748. The zero-order chi connectivity index (χ0) is 34.3. The fourth-order valence-corrected chi connectivity index (χ4v) is 9.56. The summed E-state index contributed by atoms with van der Waals surface area (Å²) in [7, 11) is -8.82. The van der Waals surface area contributed by atoms with Crippen molar-refractivity contribution in [1.29, 1.82) is 0 Å². The number of aryl methyl sites for hydroxylation is 1. The van der Waals surface area contributed by atoms with E-state index >= 15 is 0 Å². The van der Waals surface area contributed by atoms with Gasteiger partial charge in [0, 0.05) is 12.0 Å². The van der Waals surface area contributed by atoms with Crippen LogP contribution in [0.3, 0.4) is 0 Å². The van der Waals surface area contributed by atoms with E-state index in [9.17, 15) is 17.8 Å². The van der Waals surface area contributed by atoms with Crippen LogP contribution in [0.15, 0.2) is 130 Å². The third kappa shape index (κ3) is 8.51. The molecule has 9 nitrogen and oxygen atoms in total. The maximum Gasteiger partial charge on any atom is 0.419 e. The lowest BCUT2D eigenvalue weighted by molar-refractivity contribution is 0.188. The molecule has 12 heteroatoms. The number of nitrogens with zero attached hydrogens (tertiary/aromatic N) is 2. The van der Waals surface area contributed by atoms with Gasteiger partial charge in [0.15, 0.2) is 0 Å². The third-order valence-corrected chi connectivity index (χ3v) is 12.5. The summed E-state index contributed by atoms with van der Waals surface area (Å²) in [6, 6.07) is 33.8. The van der Waals surface area contributed by atoms with Crippen molar-refractivity contribution in [3.05, 3.63) is 154 Å². The number of rotatable bonds is 15. The van der Waals surface area contributed by atoms with Crippen LogP contribution in [0.5, 0.6) is 0 Å². The zero-order valence-electron chi connectivity index (χ0n) is 26.9. The summed E-state index contributed by atoms with van der Waals surface area (Å²) in [6.45, 7) is 2.18. The Morgan fingerprint density at radius 3 is 2.04 bits per heavy atom. The molecule has 0 saturated heterocycles. The Morgan fingerprint density at radius 2 is 1.41 bits per heavy atom. The molecular weight excluding hydrogens is 678 g/mol. The first kappa shape index (κ1) is 34.6. The minimum Gasteiger partial charge on any atom is -0.291 e. The molecule has 6 rings (SSSR count). The predicted octanol–water partition coefficient (Wildman–Crippen LogP) is 8.34. The van der Waals surface area contributed by atoms with E-state index in [4.69, 9.17) is 14.0 Å². The van der Waals surface area contributed by atoms with Gasteiger partial charge in [0.05, 0.1) is 30.2 Å². The summed E-state index contributed by atoms with van der Waals surface area (Å²) >= 11 is 1.39. The average molecular weight is 714 g/mol. The Labute approximate surface area is 289 Å². The molecule has 0 saturated carbocycles. The van der Waals surface area contributed by atoms with Crippen LogP contribution in [0.25, 0.3) is 21.3 Å². The van der Waals surface area contributed by atoms with E-state index in [-0.39, 0.29) is 23.7 Å². The second kappa shape index (κ2) is 15.6. The monoisotopic (exact) mass is 713 g/mol. The summed E-state index contributed by atoms with van der Waals surface area (Å²) in [5.41, 5.74) is 3.97. The van der Waals surface area contributed by atoms with Crippen molar-refractivity contribution in [1.82, 2.24) is 14.0 Å². The average Bonchev–Trinajstić information content (AvgIpc) is 3.61. The Balaban J connectivity index is 1.26. The van der Waals surface area contributed by atoms with E-state index in [1.54, 1.807) is 47.0 Å². The van der Waals surface area contributed by atoms with E-state index in [1.165, 1.54) is 17.4 Å². The summed E-state index contributed by atoms with van der Waals surface area (Å²) in [6.07, 6.45) is 2.60. The van der Waals surface area contributed by atoms with Crippen LogP contribution in [0.1, 0.15) is 42.3 Å². The Morgan fingerprint density at radius 1 is 0.796 bits per heavy atom. The van der Waals surface area contributed by atoms with Crippen LogP contribution in [0, 0.1) is 0 Å². The molecule has 0 amide bonds. The number of hydrogen-bond acceptors (Lipinski definition) is 8. The largest absolute Gasteiger partial charge is 0.419 e. The van der Waals surface area contributed by atoms with Gasteiger partial charge in [-0.05, 0) is 46.2 Å². The molecule has 0 aliphatic rings. The van der Waals surface area contributed by atoms with Crippen LogP contribution in [-0.2, 0) is 49.8 Å². The minimum absolute atomic E-state index is 0.0638. The molecule has 1 N–H and O–H groups in total. The quantitative estimate of drug-likeness (QED) is 0.106. The predicted molar refractivity (Wildman–Crippen MR) is 194 cm³/mol. The molecule has 0 fully saturated rings. The summed E-state index contributed by atoms with van der Waals surface area (Å²) < 4.78 is 57.9. The lowest BCUT2D eigenvalue weighted by Crippen LogP contribution is -2.25. The second-order valence-electron chi connectivity index (χ2n) is 11.5. The maximum absolute atomic E-state index is 14.0. The number of aromatic nitrogens is 2. The molecule has 0 atom stereocenters. The lowest BCUT2D eigenvalue weighted by atomic mass is 10.0. The van der Waals surface area contributed by atoms with Crippen molar-refractivity contribution in [3.8, 4) is 11.1 Å². The minimum atomic E-state index is -4.42. The van der Waals surface area contributed by atoms with Crippen molar-refractivity contribution in [2.24, 2.45) is 0 Å². The molecule has 252 valence electrons. The Hall–Kier alpha value is -4.22. The van der Waals surface area contributed by atoms with E-state index in [0.717, 1.165) is 29.7 Å². The van der Waals surface area contributed by atoms with Gasteiger partial charge in [0.25, 0.3) is 5.56 Å². The SMILES string of the molecule is CCCCc1nc2ccsc2c(=O)n1Cc1ccc(-c2ccccc2S(=O)(=O)NP(=O)(OCc2ccccc2)OCc2ccccc2)cc1. The highest BCUT2D eigenvalue weighted by atomic mass is 32.2. The van der Waals surface area contributed by atoms with Crippen LogP contribution in [0.4, 0.5) is 0 Å². The molecular formula is C37H36N3O6PS2. The van der Waals surface area contributed by atoms with Crippen molar-refractivity contribution in [2.45, 2.75) is 50.8 Å². The Kier molecular flexibility index (Phi) is 11.0. The molecule has 4 aromatic carbocycles. The van der Waals surface area contributed by atoms with Gasteiger partial charge in [-0.3, -0.25) is 18.4 Å². The fourth-order valence-electron chi connectivity index (χ4n) is 5.34.